The van der Waals surface area contributed by atoms with Crippen LogP contribution in [0, 0.1) is 13.8 Å². The lowest BCUT2D eigenvalue weighted by atomic mass is 10.1. The molecule has 3 rings (SSSR count). The SMILES string of the molecule is CCOC(=O)c1c(C)oc2c(C)cc(OCc3cccnc3C(F)(F)F)cc12. The number of halogens is 3. The normalized spacial score (nSPS) is 11.6. The molecule has 2 aromatic heterocycles. The van der Waals surface area contributed by atoms with Crippen molar-refractivity contribution >= 4 is 16.9 Å². The maximum absolute atomic E-state index is 13.1. The van der Waals surface area contributed by atoms with Crippen molar-refractivity contribution in [2.75, 3.05) is 6.61 Å². The topological polar surface area (TPSA) is 61.6 Å². The molecule has 28 heavy (non-hydrogen) atoms. The maximum Gasteiger partial charge on any atom is 0.433 e. The Labute approximate surface area is 159 Å². The minimum Gasteiger partial charge on any atom is -0.489 e. The smallest absolute Gasteiger partial charge is 0.433 e. The molecule has 0 aliphatic heterocycles. The molecule has 0 N–H and O–H groups in total. The Kier molecular flexibility index (Phi) is 5.31. The summed E-state index contributed by atoms with van der Waals surface area (Å²) < 4.78 is 55.6. The number of hydrogen-bond donors (Lipinski definition) is 0. The van der Waals surface area contributed by atoms with E-state index in [0.717, 1.165) is 6.20 Å². The lowest BCUT2D eigenvalue weighted by molar-refractivity contribution is -0.142. The number of aryl methyl sites for hydroxylation is 2. The van der Waals surface area contributed by atoms with Gasteiger partial charge in [-0.25, -0.2) is 4.79 Å². The summed E-state index contributed by atoms with van der Waals surface area (Å²) in [4.78, 5) is 15.7. The van der Waals surface area contributed by atoms with Gasteiger partial charge in [0.1, 0.15) is 29.3 Å². The Morgan fingerprint density at radius 1 is 1.25 bits per heavy atom. The molecule has 0 atom stereocenters. The average molecular weight is 393 g/mol. The first-order valence-electron chi connectivity index (χ1n) is 8.57. The van der Waals surface area contributed by atoms with Gasteiger partial charge in [-0.2, -0.15) is 13.2 Å². The number of nitrogens with zero attached hydrogens (tertiary/aromatic N) is 1. The Hall–Kier alpha value is -3.03. The minimum atomic E-state index is -4.57. The van der Waals surface area contributed by atoms with Crippen LogP contribution in [0.5, 0.6) is 5.75 Å². The number of carbonyl (C=O) groups is 1. The van der Waals surface area contributed by atoms with E-state index in [-0.39, 0.29) is 24.3 Å². The van der Waals surface area contributed by atoms with Crippen LogP contribution in [0.4, 0.5) is 13.2 Å². The van der Waals surface area contributed by atoms with Crippen molar-refractivity contribution in [2.24, 2.45) is 0 Å². The number of esters is 1. The van der Waals surface area contributed by atoms with Gasteiger partial charge in [-0.15, -0.1) is 0 Å². The number of alkyl halides is 3. The van der Waals surface area contributed by atoms with Gasteiger partial charge in [0.2, 0.25) is 0 Å². The standard InChI is InChI=1S/C20H18F3NO4/c1-4-26-19(25)16-12(3)28-17-11(2)8-14(9-15(16)17)27-10-13-6-5-7-24-18(13)20(21,22)23/h5-9H,4,10H2,1-3H3. The van der Waals surface area contributed by atoms with Crippen molar-refractivity contribution in [3.05, 3.63) is 58.6 Å². The number of carbonyl (C=O) groups excluding carboxylic acids is 1. The number of rotatable bonds is 5. The molecule has 0 aliphatic carbocycles. The molecule has 0 saturated heterocycles. The van der Waals surface area contributed by atoms with Gasteiger partial charge in [0.25, 0.3) is 0 Å². The second-order valence-electron chi connectivity index (χ2n) is 6.17. The lowest BCUT2D eigenvalue weighted by Gasteiger charge is -2.13. The van der Waals surface area contributed by atoms with Crippen LogP contribution in [0.15, 0.2) is 34.9 Å². The van der Waals surface area contributed by atoms with E-state index in [2.05, 4.69) is 4.98 Å². The largest absolute Gasteiger partial charge is 0.489 e. The number of ether oxygens (including phenoxy) is 2. The van der Waals surface area contributed by atoms with E-state index in [1.165, 1.54) is 12.1 Å². The molecule has 1 aromatic carbocycles. The highest BCUT2D eigenvalue weighted by atomic mass is 19.4. The summed E-state index contributed by atoms with van der Waals surface area (Å²) in [6.07, 6.45) is -3.49. The summed E-state index contributed by atoms with van der Waals surface area (Å²) in [5.74, 6) is 0.190. The molecule has 5 nitrogen and oxygen atoms in total. The van der Waals surface area contributed by atoms with E-state index in [0.29, 0.717) is 28.0 Å². The summed E-state index contributed by atoms with van der Waals surface area (Å²) in [6, 6.07) is 5.94. The van der Waals surface area contributed by atoms with E-state index in [1.807, 2.05) is 0 Å². The zero-order chi connectivity index (χ0) is 20.5. The van der Waals surface area contributed by atoms with Gasteiger partial charge in [0.05, 0.1) is 6.61 Å². The summed E-state index contributed by atoms with van der Waals surface area (Å²) in [7, 11) is 0. The molecule has 0 saturated carbocycles. The Morgan fingerprint density at radius 2 is 2.00 bits per heavy atom. The third kappa shape index (κ3) is 3.81. The molecule has 0 bridgehead atoms. The predicted octanol–water partition coefficient (Wildman–Crippen LogP) is 5.22. The first-order chi connectivity index (χ1) is 13.2. The molecule has 148 valence electrons. The molecular formula is C20H18F3NO4. The van der Waals surface area contributed by atoms with Crippen LogP contribution in [0.25, 0.3) is 11.0 Å². The van der Waals surface area contributed by atoms with Crippen LogP contribution in [-0.2, 0) is 17.5 Å². The van der Waals surface area contributed by atoms with Gasteiger partial charge >= 0.3 is 12.1 Å². The van der Waals surface area contributed by atoms with Crippen LogP contribution < -0.4 is 4.74 Å². The summed E-state index contributed by atoms with van der Waals surface area (Å²) in [6.45, 7) is 5.00. The van der Waals surface area contributed by atoms with Gasteiger partial charge in [-0.3, -0.25) is 4.98 Å². The van der Waals surface area contributed by atoms with Crippen molar-refractivity contribution in [3.63, 3.8) is 0 Å². The molecular weight excluding hydrogens is 375 g/mol. The highest BCUT2D eigenvalue weighted by molar-refractivity contribution is 6.05. The lowest BCUT2D eigenvalue weighted by Crippen LogP contribution is -2.13. The number of aromatic nitrogens is 1. The summed E-state index contributed by atoms with van der Waals surface area (Å²) >= 11 is 0. The second-order valence-corrected chi connectivity index (χ2v) is 6.17. The first kappa shape index (κ1) is 19.7. The van der Waals surface area contributed by atoms with Gasteiger partial charge in [-0.1, -0.05) is 6.07 Å². The quantitative estimate of drug-likeness (QED) is 0.556. The number of furan rings is 1. The Bertz CT molecular complexity index is 1020. The van der Waals surface area contributed by atoms with Crippen molar-refractivity contribution in [1.82, 2.24) is 4.98 Å². The van der Waals surface area contributed by atoms with Gasteiger partial charge < -0.3 is 13.9 Å². The third-order valence-corrected chi connectivity index (χ3v) is 4.16. The van der Waals surface area contributed by atoms with E-state index < -0.39 is 17.8 Å². The summed E-state index contributed by atoms with van der Waals surface area (Å²) in [5, 5.41) is 0.494. The number of benzene rings is 1. The fourth-order valence-electron chi connectivity index (χ4n) is 2.97. The zero-order valence-corrected chi connectivity index (χ0v) is 15.5. The van der Waals surface area contributed by atoms with Gasteiger partial charge in [0, 0.05) is 17.1 Å². The number of hydrogen-bond acceptors (Lipinski definition) is 5. The van der Waals surface area contributed by atoms with Crippen LogP contribution in [-0.4, -0.2) is 17.6 Å². The van der Waals surface area contributed by atoms with E-state index in [1.54, 1.807) is 32.9 Å². The van der Waals surface area contributed by atoms with Crippen molar-refractivity contribution in [3.8, 4) is 5.75 Å². The summed E-state index contributed by atoms with van der Waals surface area (Å²) in [5.41, 5.74) is 0.405. The van der Waals surface area contributed by atoms with Crippen molar-refractivity contribution in [2.45, 2.75) is 33.6 Å². The molecule has 0 fully saturated rings. The van der Waals surface area contributed by atoms with Crippen molar-refractivity contribution < 1.29 is 31.9 Å². The van der Waals surface area contributed by atoms with Crippen LogP contribution in [0.1, 0.15) is 39.9 Å². The zero-order valence-electron chi connectivity index (χ0n) is 15.5. The van der Waals surface area contributed by atoms with Crippen molar-refractivity contribution in [1.29, 1.82) is 0 Å². The average Bonchev–Trinajstić information content (AvgIpc) is 2.96. The highest BCUT2D eigenvalue weighted by Gasteiger charge is 2.35. The van der Waals surface area contributed by atoms with Gasteiger partial charge in [0.15, 0.2) is 5.69 Å². The van der Waals surface area contributed by atoms with E-state index in [9.17, 15) is 18.0 Å². The highest BCUT2D eigenvalue weighted by Crippen LogP contribution is 2.34. The molecule has 0 amide bonds. The molecule has 0 unspecified atom stereocenters. The van der Waals surface area contributed by atoms with Crippen LogP contribution in [0.2, 0.25) is 0 Å². The van der Waals surface area contributed by atoms with E-state index in [4.69, 9.17) is 13.9 Å². The maximum atomic E-state index is 13.1. The molecule has 0 spiro atoms. The molecule has 0 radical (unpaired) electrons. The predicted molar refractivity (Wildman–Crippen MR) is 95.2 cm³/mol. The fourth-order valence-corrected chi connectivity index (χ4v) is 2.97. The monoisotopic (exact) mass is 393 g/mol. The first-order valence-corrected chi connectivity index (χ1v) is 8.57. The minimum absolute atomic E-state index is 0.0817. The molecule has 3 aromatic rings. The number of fused-ring (bicyclic) bond motifs is 1. The molecule has 2 heterocycles. The molecule has 0 aliphatic rings. The fraction of sp³-hybridized carbons (Fsp3) is 0.300. The van der Waals surface area contributed by atoms with Crippen LogP contribution >= 0.6 is 0 Å². The number of pyridine rings is 1. The van der Waals surface area contributed by atoms with Gasteiger partial charge in [-0.05, 0) is 44.5 Å². The Balaban J connectivity index is 1.95. The third-order valence-electron chi connectivity index (χ3n) is 4.16. The second kappa shape index (κ2) is 7.53. The Morgan fingerprint density at radius 3 is 2.68 bits per heavy atom. The van der Waals surface area contributed by atoms with E-state index >= 15 is 0 Å². The van der Waals surface area contributed by atoms with Crippen LogP contribution in [0.3, 0.4) is 0 Å². The molecule has 8 heteroatoms.